The zero-order valence-electron chi connectivity index (χ0n) is 4.01. The van der Waals surface area contributed by atoms with Gasteiger partial charge in [0, 0.05) is 0 Å². The average molecular weight is 237 g/mol. The Morgan fingerprint density at radius 3 is 1.33 bits per heavy atom. The molecular weight excluding hydrogens is 235 g/mol. The first-order chi connectivity index (χ1) is 3.63. The maximum atomic E-state index is 4.45. The van der Waals surface area contributed by atoms with Gasteiger partial charge < -0.3 is 60.5 Å². The maximum Gasteiger partial charge on any atom is 2.00 e. The van der Waals surface area contributed by atoms with Crippen molar-refractivity contribution in [3.05, 3.63) is 0 Å². The van der Waals surface area contributed by atoms with Crippen molar-refractivity contribution >= 4 is 58.3 Å². The smallest absolute Gasteiger partial charge is 0.410 e. The Labute approximate surface area is 85.8 Å². The van der Waals surface area contributed by atoms with Gasteiger partial charge in [-0.3, -0.25) is 0 Å². The van der Waals surface area contributed by atoms with E-state index in [0.29, 0.717) is 0 Å². The zero-order chi connectivity index (χ0) is 6.57. The summed E-state index contributed by atoms with van der Waals surface area (Å²) < 4.78 is 0.411. The monoisotopic (exact) mass is 237 g/mol. The van der Waals surface area contributed by atoms with Crippen LogP contribution in [0, 0.1) is 0 Å². The van der Waals surface area contributed by atoms with E-state index in [9.17, 15) is 0 Å². The Balaban J connectivity index is 0. The van der Waals surface area contributed by atoms with E-state index in [2.05, 4.69) is 60.5 Å². The van der Waals surface area contributed by atoms with Gasteiger partial charge in [0.05, 0.1) is 0 Å². The van der Waals surface area contributed by atoms with Crippen LogP contribution in [-0.4, -0.2) is 8.64 Å². The van der Waals surface area contributed by atoms with Crippen molar-refractivity contribution in [1.29, 1.82) is 0 Å². The van der Waals surface area contributed by atoms with Gasteiger partial charge in [0.15, 0.2) is 0 Å². The quantitative estimate of drug-likeness (QED) is 0.261. The van der Waals surface area contributed by atoms with Crippen LogP contribution >= 0.6 is 24.4 Å². The first-order valence-electron chi connectivity index (χ1n) is 1.57. The minimum atomic E-state index is 0. The molecule has 51 valence electrons. The largest absolute Gasteiger partial charge is 2.00 e. The molecule has 9 heavy (non-hydrogen) atoms. The van der Waals surface area contributed by atoms with Crippen LogP contribution in [0.5, 0.6) is 0 Å². The van der Waals surface area contributed by atoms with Crippen molar-refractivity contribution in [2.75, 3.05) is 0 Å². The number of hydrogen-bond donors (Lipinski definition) is 2. The van der Waals surface area contributed by atoms with E-state index in [1.807, 2.05) is 0 Å². The molecule has 0 rings (SSSR count). The summed E-state index contributed by atoms with van der Waals surface area (Å²) in [6.45, 7) is 0. The molecule has 0 atom stereocenters. The molecule has 0 saturated heterocycles. The molecule has 0 heterocycles. The topological polar surface area (TPSA) is 24.1 Å². The fraction of sp³-hybridized carbons (Fsp3) is 0. The van der Waals surface area contributed by atoms with E-state index in [0.717, 1.165) is 0 Å². The molecule has 0 unspecified atom stereocenters. The van der Waals surface area contributed by atoms with Crippen LogP contribution in [0.2, 0.25) is 0 Å². The van der Waals surface area contributed by atoms with E-state index < -0.39 is 0 Å². The summed E-state index contributed by atoms with van der Waals surface area (Å²) in [6, 6.07) is 0. The summed E-state index contributed by atoms with van der Waals surface area (Å²) in [6.07, 6.45) is 0. The van der Waals surface area contributed by atoms with Crippen molar-refractivity contribution in [3.63, 3.8) is 0 Å². The van der Waals surface area contributed by atoms with Crippen LogP contribution < -0.4 is 10.9 Å². The van der Waals surface area contributed by atoms with Crippen LogP contribution in [0.1, 0.15) is 0 Å². The third-order valence-electron chi connectivity index (χ3n) is 0.267. The zero-order valence-corrected chi connectivity index (χ0v) is 8.46. The predicted octanol–water partition coefficient (Wildman–Crippen LogP) is -0.258. The maximum absolute atomic E-state index is 4.45. The Bertz CT molecular complexity index is 101. The van der Waals surface area contributed by atoms with Gasteiger partial charge in [0.2, 0.25) is 0 Å². The molecule has 0 aromatic carbocycles. The van der Waals surface area contributed by atoms with E-state index in [1.54, 1.807) is 0 Å². The normalized spacial score (nSPS) is 6.67. The van der Waals surface area contributed by atoms with Crippen LogP contribution in [0.3, 0.4) is 0 Å². The van der Waals surface area contributed by atoms with Crippen LogP contribution in [-0.2, 0) is 42.3 Å². The van der Waals surface area contributed by atoms with E-state index in [1.165, 1.54) is 0 Å². The third kappa shape index (κ3) is 12.1. The van der Waals surface area contributed by atoms with Crippen molar-refractivity contribution in [1.82, 2.24) is 10.9 Å². The molecule has 2 nitrogen and oxygen atoms in total. The minimum Gasteiger partial charge on any atom is -0.410 e. The van der Waals surface area contributed by atoms with Gasteiger partial charge in [-0.1, -0.05) is 0 Å². The summed E-state index contributed by atoms with van der Waals surface area (Å²) in [4.78, 5) is 0. The molecular formula is C2H2MnN2S4. The predicted molar refractivity (Wildman–Crippen MR) is 46.2 cm³/mol. The van der Waals surface area contributed by atoms with E-state index in [4.69, 9.17) is 0 Å². The van der Waals surface area contributed by atoms with E-state index >= 15 is 0 Å². The van der Waals surface area contributed by atoms with Crippen molar-refractivity contribution in [3.8, 4) is 0 Å². The van der Waals surface area contributed by atoms with Gasteiger partial charge in [0.1, 0.15) is 0 Å². The number of nitrogens with one attached hydrogen (secondary N) is 2. The number of hydrogen-bond acceptors (Lipinski definition) is 4. The Morgan fingerprint density at radius 2 is 1.22 bits per heavy atom. The van der Waals surface area contributed by atoms with Crippen LogP contribution in [0.25, 0.3) is 0 Å². The molecule has 2 N–H and O–H groups in total. The summed E-state index contributed by atoms with van der Waals surface area (Å²) in [7, 11) is 0. The Morgan fingerprint density at radius 1 is 1.00 bits per heavy atom. The molecule has 1 radical (unpaired) electrons. The second-order valence-corrected chi connectivity index (χ2v) is 2.97. The summed E-state index contributed by atoms with van der Waals surface area (Å²) >= 11 is 17.8. The summed E-state index contributed by atoms with van der Waals surface area (Å²) in [5.41, 5.74) is 4.79. The van der Waals surface area contributed by atoms with Crippen LogP contribution in [0.15, 0.2) is 0 Å². The van der Waals surface area contributed by atoms with Crippen LogP contribution in [0.4, 0.5) is 0 Å². The molecule has 0 aromatic rings. The van der Waals surface area contributed by atoms with Gasteiger partial charge in [-0.2, -0.15) is 0 Å². The first kappa shape index (κ1) is 12.4. The molecule has 0 aliphatic carbocycles. The second kappa shape index (κ2) is 6.85. The molecule has 7 heteroatoms. The Kier molecular flexibility index (Phi) is 9.46. The summed E-state index contributed by atoms with van der Waals surface area (Å²) in [5, 5.41) is 0. The molecule has 0 bridgehead atoms. The molecule has 0 saturated carbocycles. The van der Waals surface area contributed by atoms with E-state index in [-0.39, 0.29) is 25.7 Å². The standard InChI is InChI=1S/C2H4N2S4.Mn/c5-1(6)3-4-2(7)8;/h(H2,3,5,6)(H2,4,7,8);/q;+2/p-2. The minimum absolute atomic E-state index is 0. The summed E-state index contributed by atoms with van der Waals surface area (Å²) in [5.74, 6) is 0. The molecule has 0 aliphatic rings. The van der Waals surface area contributed by atoms with Gasteiger partial charge in [-0.25, -0.2) is 0 Å². The van der Waals surface area contributed by atoms with Crippen molar-refractivity contribution in [2.24, 2.45) is 0 Å². The fourth-order valence-corrected chi connectivity index (χ4v) is 0.306. The Hall–Kier alpha value is 0.739. The van der Waals surface area contributed by atoms with Crippen molar-refractivity contribution < 1.29 is 17.1 Å². The van der Waals surface area contributed by atoms with Gasteiger partial charge in [-0.05, 0) is 8.64 Å². The van der Waals surface area contributed by atoms with Gasteiger partial charge >= 0.3 is 17.1 Å². The fourth-order valence-electron chi connectivity index (χ4n) is 0.102. The number of hydrazine groups is 1. The third-order valence-corrected chi connectivity index (χ3v) is 0.675. The molecule has 0 amide bonds. The van der Waals surface area contributed by atoms with Crippen molar-refractivity contribution in [2.45, 2.75) is 0 Å². The average Bonchev–Trinajstić information content (AvgIpc) is 1.61. The number of thiocarbonyl (C=S) groups is 2. The van der Waals surface area contributed by atoms with Gasteiger partial charge in [-0.15, -0.1) is 0 Å². The van der Waals surface area contributed by atoms with Gasteiger partial charge in [0.25, 0.3) is 0 Å². The molecule has 0 fully saturated rings. The first-order valence-corrected chi connectivity index (χ1v) is 3.20. The second-order valence-electron chi connectivity index (χ2n) is 0.825. The number of rotatable bonds is 0. The molecule has 0 aromatic heterocycles. The SMILES string of the molecule is S=C([S-])NNC(=S)[S-].[Mn+2]. The molecule has 0 aliphatic heterocycles. The molecule has 0 spiro atoms.